The number of hydrogen-bond donors (Lipinski definition) is 3. The van der Waals surface area contributed by atoms with Crippen LogP contribution in [0.2, 0.25) is 0 Å². The summed E-state index contributed by atoms with van der Waals surface area (Å²) in [6.45, 7) is 5.21. The molecule has 0 bridgehead atoms. The quantitative estimate of drug-likeness (QED) is 0.511. The number of rotatable bonds is 6. The van der Waals surface area contributed by atoms with Crippen molar-refractivity contribution in [1.82, 2.24) is 5.59 Å². The molecule has 27 heavy (non-hydrogen) atoms. The maximum atomic E-state index is 14.3. The maximum absolute atomic E-state index is 14.3. The van der Waals surface area contributed by atoms with E-state index in [4.69, 9.17) is 9.25 Å². The van der Waals surface area contributed by atoms with Crippen molar-refractivity contribution >= 4 is 17.1 Å². The predicted octanol–water partition coefficient (Wildman–Crippen LogP) is 5.28. The minimum Gasteiger partial charge on any atom is -0.463 e. The van der Waals surface area contributed by atoms with Crippen LogP contribution in [0.5, 0.6) is 5.75 Å². The summed E-state index contributed by atoms with van der Waals surface area (Å²) in [5, 5.41) is 2.57. The zero-order valence-electron chi connectivity index (χ0n) is 14.9. The van der Waals surface area contributed by atoms with Crippen LogP contribution in [0.25, 0.3) is 0 Å². The summed E-state index contributed by atoms with van der Waals surface area (Å²) >= 11 is 0. The van der Waals surface area contributed by atoms with Crippen LogP contribution in [0.4, 0.5) is 30.2 Å². The lowest BCUT2D eigenvalue weighted by Crippen LogP contribution is -2.26. The Morgan fingerprint density at radius 3 is 2.30 bits per heavy atom. The highest BCUT2D eigenvalue weighted by Gasteiger charge is 2.16. The zero-order valence-corrected chi connectivity index (χ0v) is 14.9. The van der Waals surface area contributed by atoms with E-state index in [2.05, 4.69) is 16.3 Å². The summed E-state index contributed by atoms with van der Waals surface area (Å²) in [6.07, 6.45) is 0. The number of furan rings is 1. The summed E-state index contributed by atoms with van der Waals surface area (Å²) in [5.41, 5.74) is 5.61. The van der Waals surface area contributed by atoms with Gasteiger partial charge in [-0.15, -0.1) is 0 Å². The van der Waals surface area contributed by atoms with Crippen LogP contribution in [0.1, 0.15) is 17.1 Å². The molecule has 0 aliphatic heterocycles. The molecule has 2 aromatic carbocycles. The van der Waals surface area contributed by atoms with Gasteiger partial charge in [0.15, 0.2) is 17.4 Å². The number of hydrazine groups is 1. The molecule has 0 aliphatic carbocycles. The van der Waals surface area contributed by atoms with Crippen LogP contribution in [0.3, 0.4) is 0 Å². The highest BCUT2D eigenvalue weighted by Crippen LogP contribution is 2.31. The molecule has 142 valence electrons. The molecule has 0 fully saturated rings. The van der Waals surface area contributed by atoms with Gasteiger partial charge in [0.1, 0.15) is 23.0 Å². The topological polar surface area (TPSA) is 58.5 Å². The Labute approximate surface area is 154 Å². The normalized spacial score (nSPS) is 10.7. The molecule has 3 rings (SSSR count). The minimum atomic E-state index is -1.16. The van der Waals surface area contributed by atoms with Crippen molar-refractivity contribution in [1.29, 1.82) is 0 Å². The molecule has 0 saturated heterocycles. The van der Waals surface area contributed by atoms with Gasteiger partial charge >= 0.3 is 0 Å². The molecule has 0 saturated carbocycles. The van der Waals surface area contributed by atoms with Crippen LogP contribution < -0.4 is 21.2 Å². The van der Waals surface area contributed by atoms with Gasteiger partial charge in [-0.05, 0) is 50.6 Å². The van der Waals surface area contributed by atoms with Crippen molar-refractivity contribution in [3.63, 3.8) is 0 Å². The second-order valence-electron chi connectivity index (χ2n) is 6.00. The summed E-state index contributed by atoms with van der Waals surface area (Å²) in [6, 6.07) is 8.29. The van der Waals surface area contributed by atoms with E-state index in [0.29, 0.717) is 22.8 Å². The first-order chi connectivity index (χ1) is 12.8. The summed E-state index contributed by atoms with van der Waals surface area (Å²) < 4.78 is 47.4. The molecule has 0 radical (unpaired) electrons. The Balaban J connectivity index is 1.80. The summed E-state index contributed by atoms with van der Waals surface area (Å²) in [4.78, 5) is 5.30. The molecule has 8 heteroatoms. The average molecular weight is 377 g/mol. The van der Waals surface area contributed by atoms with Crippen molar-refractivity contribution in [3.8, 4) is 5.75 Å². The van der Waals surface area contributed by atoms with Gasteiger partial charge in [-0.2, -0.15) is 0 Å². The standard InChI is InChI=1S/C19H18F3N3O2/c1-10-4-6-15(14(21)8-10)23-19-16(7-5-13(20)18(19)22)24-25-27-17-9-11(2)26-12(17)3/h4-9,23-25H,1-3H3. The SMILES string of the molecule is Cc1ccc(Nc2c(NNOc3cc(C)oc3C)ccc(F)c2F)c(F)c1. The third-order valence-corrected chi connectivity index (χ3v) is 3.82. The number of aryl methyl sites for hydroxylation is 3. The van der Waals surface area contributed by atoms with Gasteiger partial charge in [0, 0.05) is 6.07 Å². The lowest BCUT2D eigenvalue weighted by atomic mass is 10.2. The minimum absolute atomic E-state index is 0.00960. The van der Waals surface area contributed by atoms with Gasteiger partial charge in [0.2, 0.25) is 0 Å². The molecule has 3 N–H and O–H groups in total. The van der Waals surface area contributed by atoms with E-state index in [1.807, 2.05) is 0 Å². The van der Waals surface area contributed by atoms with E-state index in [1.54, 1.807) is 32.9 Å². The smallest absolute Gasteiger partial charge is 0.190 e. The summed E-state index contributed by atoms with van der Waals surface area (Å²) in [7, 11) is 0. The van der Waals surface area contributed by atoms with Crippen molar-refractivity contribution in [2.75, 3.05) is 10.7 Å². The Morgan fingerprint density at radius 2 is 1.63 bits per heavy atom. The molecule has 3 aromatic rings. The Hall–Kier alpha value is -3.13. The fourth-order valence-electron chi connectivity index (χ4n) is 2.48. The molecular weight excluding hydrogens is 359 g/mol. The van der Waals surface area contributed by atoms with Gasteiger partial charge in [0.25, 0.3) is 0 Å². The average Bonchev–Trinajstić information content (AvgIpc) is 2.93. The van der Waals surface area contributed by atoms with Crippen LogP contribution >= 0.6 is 0 Å². The lowest BCUT2D eigenvalue weighted by Gasteiger charge is -2.16. The molecule has 5 nitrogen and oxygen atoms in total. The van der Waals surface area contributed by atoms with E-state index in [0.717, 1.165) is 6.07 Å². The van der Waals surface area contributed by atoms with E-state index >= 15 is 0 Å². The maximum Gasteiger partial charge on any atom is 0.190 e. The van der Waals surface area contributed by atoms with E-state index < -0.39 is 17.5 Å². The highest BCUT2D eigenvalue weighted by molar-refractivity contribution is 5.75. The number of benzene rings is 2. The van der Waals surface area contributed by atoms with Crippen molar-refractivity contribution in [3.05, 3.63) is 70.9 Å². The Bertz CT molecular complexity index is 973. The van der Waals surface area contributed by atoms with Crippen molar-refractivity contribution in [2.45, 2.75) is 20.8 Å². The molecule has 0 spiro atoms. The molecule has 0 unspecified atom stereocenters. The molecule has 0 aliphatic rings. The molecular formula is C19H18F3N3O2. The van der Waals surface area contributed by atoms with Gasteiger partial charge < -0.3 is 14.6 Å². The second kappa shape index (κ2) is 7.63. The fourth-order valence-corrected chi connectivity index (χ4v) is 2.48. The first-order valence-electron chi connectivity index (χ1n) is 8.11. The number of halogens is 3. The molecule has 1 heterocycles. The predicted molar refractivity (Wildman–Crippen MR) is 96.3 cm³/mol. The number of nitrogens with one attached hydrogen (secondary N) is 3. The van der Waals surface area contributed by atoms with Crippen molar-refractivity contribution < 1.29 is 22.4 Å². The molecule has 0 atom stereocenters. The highest BCUT2D eigenvalue weighted by atomic mass is 19.2. The summed E-state index contributed by atoms with van der Waals surface area (Å²) in [5.74, 6) is -1.17. The first-order valence-corrected chi connectivity index (χ1v) is 8.11. The Kier molecular flexibility index (Phi) is 5.27. The Morgan fingerprint density at radius 1 is 0.889 bits per heavy atom. The van der Waals surface area contributed by atoms with E-state index in [-0.39, 0.29) is 17.1 Å². The molecule has 1 aromatic heterocycles. The van der Waals surface area contributed by atoms with Crippen LogP contribution in [0, 0.1) is 38.2 Å². The third-order valence-electron chi connectivity index (χ3n) is 3.82. The second-order valence-corrected chi connectivity index (χ2v) is 6.00. The van der Waals surface area contributed by atoms with Crippen LogP contribution in [0.15, 0.2) is 40.8 Å². The van der Waals surface area contributed by atoms with Crippen molar-refractivity contribution in [2.24, 2.45) is 0 Å². The molecule has 0 amide bonds. The number of hydrogen-bond acceptors (Lipinski definition) is 5. The largest absolute Gasteiger partial charge is 0.463 e. The monoisotopic (exact) mass is 377 g/mol. The number of anilines is 3. The van der Waals surface area contributed by atoms with Gasteiger partial charge in [0.05, 0.1) is 11.4 Å². The van der Waals surface area contributed by atoms with Crippen LogP contribution in [-0.4, -0.2) is 0 Å². The third kappa shape index (κ3) is 4.17. The van der Waals surface area contributed by atoms with E-state index in [1.165, 1.54) is 18.2 Å². The van der Waals surface area contributed by atoms with Gasteiger partial charge in [-0.1, -0.05) is 11.7 Å². The zero-order chi connectivity index (χ0) is 19.6. The first kappa shape index (κ1) is 18.7. The van der Waals surface area contributed by atoms with Crippen LogP contribution in [-0.2, 0) is 0 Å². The lowest BCUT2D eigenvalue weighted by molar-refractivity contribution is 0.217. The van der Waals surface area contributed by atoms with Gasteiger partial charge in [-0.25, -0.2) is 13.2 Å². The van der Waals surface area contributed by atoms with E-state index in [9.17, 15) is 13.2 Å². The fraction of sp³-hybridized carbons (Fsp3) is 0.158. The van der Waals surface area contributed by atoms with Gasteiger partial charge in [-0.3, -0.25) is 5.43 Å².